The van der Waals surface area contributed by atoms with Gasteiger partial charge in [-0.3, -0.25) is 5.10 Å². The number of H-pyrrole nitrogens is 1. The van der Waals surface area contributed by atoms with E-state index in [2.05, 4.69) is 42.9 Å². The van der Waals surface area contributed by atoms with Crippen molar-refractivity contribution in [3.05, 3.63) is 35.9 Å². The Morgan fingerprint density at radius 2 is 2.18 bits per heavy atom. The van der Waals surface area contributed by atoms with Crippen LogP contribution in [0.3, 0.4) is 0 Å². The van der Waals surface area contributed by atoms with Crippen LogP contribution in [0.15, 0.2) is 28.9 Å². The molecular weight excluding hydrogens is 362 g/mol. The molecule has 3 N–H and O–H groups in total. The number of rotatable bonds is 8. The van der Waals surface area contributed by atoms with Crippen molar-refractivity contribution in [2.45, 2.75) is 38.8 Å². The van der Waals surface area contributed by atoms with E-state index < -0.39 is 0 Å². The highest BCUT2D eigenvalue weighted by Gasteiger charge is 2.38. The zero-order valence-electron chi connectivity index (χ0n) is 16.0. The molecule has 0 aliphatic carbocycles. The van der Waals surface area contributed by atoms with Gasteiger partial charge in [-0.05, 0) is 26.8 Å². The molecule has 0 atom stereocenters. The van der Waals surface area contributed by atoms with Crippen molar-refractivity contribution < 1.29 is 14.0 Å². The zero-order chi connectivity index (χ0) is 19.6. The fraction of sp³-hybridized carbons (Fsp3) is 0.444. The molecule has 0 radical (unpaired) electrons. The van der Waals surface area contributed by atoms with Crippen LogP contribution in [0, 0.1) is 0 Å². The molecule has 1 fully saturated rings. The Kier molecular flexibility index (Phi) is 4.86. The summed E-state index contributed by atoms with van der Waals surface area (Å²) in [5, 5.41) is 17.4. The van der Waals surface area contributed by atoms with E-state index in [-0.39, 0.29) is 11.5 Å². The Labute approximate surface area is 162 Å². The molecule has 0 unspecified atom stereocenters. The highest BCUT2D eigenvalue weighted by molar-refractivity contribution is 5.53. The zero-order valence-corrected chi connectivity index (χ0v) is 16.0. The number of ether oxygens (including phenoxy) is 2. The number of aromatic nitrogens is 5. The summed E-state index contributed by atoms with van der Waals surface area (Å²) >= 11 is 0. The Morgan fingerprint density at radius 1 is 1.32 bits per heavy atom. The molecule has 0 aromatic carbocycles. The van der Waals surface area contributed by atoms with Crippen LogP contribution in [0.2, 0.25) is 0 Å². The summed E-state index contributed by atoms with van der Waals surface area (Å²) in [6.07, 6.45) is 1.72. The van der Waals surface area contributed by atoms with E-state index in [1.807, 2.05) is 19.9 Å². The van der Waals surface area contributed by atoms with Crippen LogP contribution < -0.4 is 15.4 Å². The first-order valence-electron chi connectivity index (χ1n) is 9.10. The average Bonchev–Trinajstić information content (AvgIpc) is 3.27. The highest BCUT2D eigenvalue weighted by Crippen LogP contribution is 2.31. The highest BCUT2D eigenvalue weighted by atomic mass is 16.5. The van der Waals surface area contributed by atoms with Crippen molar-refractivity contribution in [3.8, 4) is 5.88 Å². The van der Waals surface area contributed by atoms with Gasteiger partial charge in [-0.1, -0.05) is 5.16 Å². The lowest BCUT2D eigenvalue weighted by atomic mass is 9.85. The molecule has 3 aromatic rings. The monoisotopic (exact) mass is 385 g/mol. The SMILES string of the molecule is CC(C)Oc1cc(Nc2ccnc(NCc3cc(C4(C)COC4)no3)n2)[nH]n1. The molecule has 0 bridgehead atoms. The van der Waals surface area contributed by atoms with Crippen LogP contribution in [0.25, 0.3) is 0 Å². The molecule has 0 spiro atoms. The maximum absolute atomic E-state index is 5.53. The predicted molar refractivity (Wildman–Crippen MR) is 102 cm³/mol. The first-order valence-corrected chi connectivity index (χ1v) is 9.10. The third-order valence-corrected chi connectivity index (χ3v) is 4.27. The second kappa shape index (κ2) is 7.47. The third kappa shape index (κ3) is 4.06. The van der Waals surface area contributed by atoms with Crippen molar-refractivity contribution in [2.75, 3.05) is 23.8 Å². The molecule has 28 heavy (non-hydrogen) atoms. The van der Waals surface area contributed by atoms with Crippen molar-refractivity contribution in [3.63, 3.8) is 0 Å². The second-order valence-corrected chi connectivity index (χ2v) is 7.26. The van der Waals surface area contributed by atoms with E-state index in [1.54, 1.807) is 18.3 Å². The van der Waals surface area contributed by atoms with Crippen LogP contribution in [0.5, 0.6) is 5.88 Å². The van der Waals surface area contributed by atoms with E-state index >= 15 is 0 Å². The van der Waals surface area contributed by atoms with E-state index in [4.69, 9.17) is 14.0 Å². The van der Waals surface area contributed by atoms with Crippen LogP contribution in [-0.4, -0.2) is 44.6 Å². The summed E-state index contributed by atoms with van der Waals surface area (Å²) < 4.78 is 16.2. The Morgan fingerprint density at radius 3 is 2.93 bits per heavy atom. The summed E-state index contributed by atoms with van der Waals surface area (Å²) in [5.41, 5.74) is 0.857. The minimum absolute atomic E-state index is 0.0513. The van der Waals surface area contributed by atoms with Crippen LogP contribution in [-0.2, 0) is 16.7 Å². The normalized spacial score (nSPS) is 15.3. The van der Waals surface area contributed by atoms with Crippen LogP contribution >= 0.6 is 0 Å². The molecule has 10 heteroatoms. The summed E-state index contributed by atoms with van der Waals surface area (Å²) in [6, 6.07) is 5.48. The summed E-state index contributed by atoms with van der Waals surface area (Å²) in [6.45, 7) is 7.77. The smallest absolute Gasteiger partial charge is 0.234 e. The fourth-order valence-corrected chi connectivity index (χ4v) is 2.72. The molecule has 4 rings (SSSR count). The first kappa shape index (κ1) is 18.2. The molecule has 10 nitrogen and oxygen atoms in total. The van der Waals surface area contributed by atoms with Gasteiger partial charge in [0, 0.05) is 18.3 Å². The topological polar surface area (TPSA) is 123 Å². The van der Waals surface area contributed by atoms with Crippen molar-refractivity contribution in [1.29, 1.82) is 0 Å². The van der Waals surface area contributed by atoms with E-state index in [0.29, 0.717) is 49.0 Å². The van der Waals surface area contributed by atoms with Gasteiger partial charge in [-0.2, -0.15) is 4.98 Å². The van der Waals surface area contributed by atoms with Crippen LogP contribution in [0.1, 0.15) is 32.2 Å². The average molecular weight is 385 g/mol. The van der Waals surface area contributed by atoms with E-state index in [1.165, 1.54) is 0 Å². The van der Waals surface area contributed by atoms with Gasteiger partial charge in [0.1, 0.15) is 11.6 Å². The van der Waals surface area contributed by atoms with Gasteiger partial charge < -0.3 is 24.6 Å². The lowest BCUT2D eigenvalue weighted by molar-refractivity contribution is -0.0532. The molecule has 1 saturated heterocycles. The quantitative estimate of drug-likeness (QED) is 0.537. The van der Waals surface area contributed by atoms with Crippen molar-refractivity contribution in [2.24, 2.45) is 0 Å². The maximum Gasteiger partial charge on any atom is 0.234 e. The molecular formula is C18H23N7O3. The molecule has 0 saturated carbocycles. The Hall–Kier alpha value is -3.14. The van der Waals surface area contributed by atoms with E-state index in [0.717, 1.165) is 5.69 Å². The number of hydrogen-bond acceptors (Lipinski definition) is 9. The number of anilines is 3. The number of aromatic amines is 1. The second-order valence-electron chi connectivity index (χ2n) is 7.26. The molecule has 0 amide bonds. The maximum atomic E-state index is 5.53. The third-order valence-electron chi connectivity index (χ3n) is 4.27. The van der Waals surface area contributed by atoms with E-state index in [9.17, 15) is 0 Å². The number of nitrogens with one attached hydrogen (secondary N) is 3. The Bertz CT molecular complexity index is 933. The van der Waals surface area contributed by atoms with Crippen molar-refractivity contribution >= 4 is 17.6 Å². The first-order chi connectivity index (χ1) is 13.5. The lowest BCUT2D eigenvalue weighted by Crippen LogP contribution is -2.44. The number of nitrogens with zero attached hydrogens (tertiary/aromatic N) is 4. The van der Waals surface area contributed by atoms with Gasteiger partial charge in [0.25, 0.3) is 0 Å². The van der Waals surface area contributed by atoms with Gasteiger partial charge in [0.2, 0.25) is 11.8 Å². The van der Waals surface area contributed by atoms with Gasteiger partial charge in [0.15, 0.2) is 5.76 Å². The summed E-state index contributed by atoms with van der Waals surface area (Å²) in [5.74, 6) is 3.01. The number of hydrogen-bond donors (Lipinski definition) is 3. The predicted octanol–water partition coefficient (Wildman–Crippen LogP) is 2.62. The lowest BCUT2D eigenvalue weighted by Gasteiger charge is -2.35. The van der Waals surface area contributed by atoms with Crippen molar-refractivity contribution in [1.82, 2.24) is 25.3 Å². The molecule has 3 aromatic heterocycles. The molecule has 1 aliphatic rings. The van der Waals surface area contributed by atoms with Gasteiger partial charge in [-0.15, -0.1) is 5.10 Å². The van der Waals surface area contributed by atoms with Crippen LogP contribution in [0.4, 0.5) is 17.6 Å². The van der Waals surface area contributed by atoms with Gasteiger partial charge in [-0.25, -0.2) is 4.98 Å². The standard InChI is InChI=1S/C18H23N7O3/c1-11(2)27-16-7-15(23-24-16)21-14-4-5-19-17(22-14)20-8-12-6-13(25-28-12)18(3)9-26-10-18/h4-7,11H,8-10H2,1-3H3,(H3,19,20,21,22,23,24). The molecule has 1 aliphatic heterocycles. The summed E-state index contributed by atoms with van der Waals surface area (Å²) in [4.78, 5) is 8.66. The Balaban J connectivity index is 1.35. The van der Waals surface area contributed by atoms with Gasteiger partial charge in [0.05, 0.1) is 37.0 Å². The molecule has 4 heterocycles. The minimum atomic E-state index is -0.0513. The van der Waals surface area contributed by atoms with Gasteiger partial charge >= 0.3 is 0 Å². The summed E-state index contributed by atoms with van der Waals surface area (Å²) in [7, 11) is 0. The molecule has 148 valence electrons. The largest absolute Gasteiger partial charge is 0.474 e. The minimum Gasteiger partial charge on any atom is -0.474 e. The fourth-order valence-electron chi connectivity index (χ4n) is 2.72.